The zero-order valence-electron chi connectivity index (χ0n) is 10.2. The molecule has 0 saturated heterocycles. The Labute approximate surface area is 108 Å². The smallest absolute Gasteiger partial charge is 0.312 e. The third-order valence-electron chi connectivity index (χ3n) is 2.35. The Morgan fingerprint density at radius 3 is 2.53 bits per heavy atom. The molecular formula is C11H14BrN4O+. The van der Waals surface area contributed by atoms with E-state index < -0.39 is 0 Å². The fraction of sp³-hybridized carbons (Fsp3) is 0.455. The Bertz CT molecular complexity index is 592. The molecule has 17 heavy (non-hydrogen) atoms. The van der Waals surface area contributed by atoms with Gasteiger partial charge in [0.25, 0.3) is 5.52 Å². The quantitative estimate of drug-likeness (QED) is 0.545. The summed E-state index contributed by atoms with van der Waals surface area (Å²) in [5, 5.41) is 20.2. The molecule has 0 fully saturated rings. The number of benzene rings is 1. The molecule has 0 aliphatic rings. The van der Waals surface area contributed by atoms with Crippen LogP contribution in [-0.4, -0.2) is 10.3 Å². The van der Waals surface area contributed by atoms with Crippen LogP contribution in [0.25, 0.3) is 11.0 Å². The van der Waals surface area contributed by atoms with E-state index in [-0.39, 0.29) is 5.54 Å². The molecule has 1 aromatic carbocycles. The van der Waals surface area contributed by atoms with Crippen molar-refractivity contribution >= 4 is 27.0 Å². The average Bonchev–Trinajstić information content (AvgIpc) is 2.17. The Kier molecular flexibility index (Phi) is 2.77. The van der Waals surface area contributed by atoms with Gasteiger partial charge in [-0.25, -0.2) is 0 Å². The summed E-state index contributed by atoms with van der Waals surface area (Å²) in [6, 6.07) is 3.71. The zero-order valence-corrected chi connectivity index (χ0v) is 11.8. The van der Waals surface area contributed by atoms with Crippen molar-refractivity contribution in [3.63, 3.8) is 0 Å². The maximum atomic E-state index is 11.9. The molecule has 2 aromatic rings. The first kappa shape index (κ1) is 12.2. The summed E-state index contributed by atoms with van der Waals surface area (Å²) < 4.78 is 0.803. The number of aromatic nitrogens is 4. The first-order valence-electron chi connectivity index (χ1n) is 5.30. The molecule has 0 spiro atoms. The van der Waals surface area contributed by atoms with Crippen molar-refractivity contribution in [3.05, 3.63) is 27.4 Å². The maximum absolute atomic E-state index is 11.9. The largest absolute Gasteiger partial charge is 0.590 e. The van der Waals surface area contributed by atoms with Crippen molar-refractivity contribution in [1.29, 1.82) is 0 Å². The minimum Gasteiger partial charge on any atom is -0.590 e. The lowest BCUT2D eigenvalue weighted by Gasteiger charge is -2.07. The van der Waals surface area contributed by atoms with Gasteiger partial charge in [0.1, 0.15) is 0 Å². The van der Waals surface area contributed by atoms with Gasteiger partial charge in [-0.3, -0.25) is 0 Å². The predicted octanol–water partition coefficient (Wildman–Crippen LogP) is 1.38. The predicted molar refractivity (Wildman–Crippen MR) is 66.1 cm³/mol. The van der Waals surface area contributed by atoms with Gasteiger partial charge in [-0.15, -0.1) is 0 Å². The van der Waals surface area contributed by atoms with Crippen molar-refractivity contribution in [2.45, 2.75) is 33.2 Å². The molecule has 2 rings (SSSR count). The molecule has 0 radical (unpaired) electrons. The summed E-state index contributed by atoms with van der Waals surface area (Å²) >= 11 is 3.43. The van der Waals surface area contributed by atoms with Crippen molar-refractivity contribution in [2.75, 3.05) is 0 Å². The third kappa shape index (κ3) is 2.22. The first-order chi connectivity index (χ1) is 7.79. The highest BCUT2D eigenvalue weighted by molar-refractivity contribution is 9.10. The van der Waals surface area contributed by atoms with E-state index in [0.717, 1.165) is 10.0 Å². The van der Waals surface area contributed by atoms with E-state index in [0.29, 0.717) is 15.9 Å². The standard InChI is InChI=1S/C11H14BrN4O/c1-7-5-8(12)10-9(6-7)15(17)14-16(13-10)11(2,3)4/h5-6H,1-4H3/q+1. The van der Waals surface area contributed by atoms with E-state index in [2.05, 4.69) is 26.2 Å². The Hall–Kier alpha value is -1.30. The van der Waals surface area contributed by atoms with Crippen molar-refractivity contribution < 1.29 is 9.64 Å². The van der Waals surface area contributed by atoms with Gasteiger partial charge in [0.2, 0.25) is 11.1 Å². The molecule has 0 unspecified atom stereocenters. The highest BCUT2D eigenvalue weighted by atomic mass is 79.9. The highest BCUT2D eigenvalue weighted by Crippen LogP contribution is 2.20. The highest BCUT2D eigenvalue weighted by Gasteiger charge is 2.31. The zero-order chi connectivity index (χ0) is 12.8. The molecule has 1 aromatic heterocycles. The van der Waals surface area contributed by atoms with E-state index in [4.69, 9.17) is 0 Å². The number of hydrogen-bond donors (Lipinski definition) is 0. The monoisotopic (exact) mass is 297 g/mol. The topological polar surface area (TPSA) is 56.6 Å². The molecule has 0 saturated carbocycles. The molecule has 5 nitrogen and oxygen atoms in total. The maximum Gasteiger partial charge on any atom is 0.312 e. The average molecular weight is 298 g/mol. The van der Waals surface area contributed by atoms with Gasteiger partial charge in [0, 0.05) is 36.8 Å². The van der Waals surface area contributed by atoms with Crippen LogP contribution in [0.1, 0.15) is 26.3 Å². The molecule has 0 amide bonds. The van der Waals surface area contributed by atoms with Gasteiger partial charge in [0.05, 0.1) is 9.27 Å². The van der Waals surface area contributed by atoms with Crippen LogP contribution in [0.4, 0.5) is 0 Å². The second-order valence-corrected chi connectivity index (χ2v) is 5.89. The summed E-state index contributed by atoms with van der Waals surface area (Å²) in [6.07, 6.45) is 0. The van der Waals surface area contributed by atoms with Gasteiger partial charge in [-0.2, -0.15) is 0 Å². The van der Waals surface area contributed by atoms with Crippen molar-refractivity contribution in [3.8, 4) is 0 Å². The number of rotatable bonds is 0. The Balaban J connectivity index is 2.83. The van der Waals surface area contributed by atoms with Crippen LogP contribution in [-0.2, 0) is 5.54 Å². The molecule has 0 aliphatic carbocycles. The second kappa shape index (κ2) is 3.87. The first-order valence-corrected chi connectivity index (χ1v) is 6.09. The van der Waals surface area contributed by atoms with E-state index in [1.54, 1.807) is 6.07 Å². The van der Waals surface area contributed by atoms with Crippen LogP contribution in [0, 0.1) is 12.1 Å². The molecule has 6 heteroatoms. The second-order valence-electron chi connectivity index (χ2n) is 5.04. The number of halogens is 1. The van der Waals surface area contributed by atoms with Crippen LogP contribution in [0.2, 0.25) is 0 Å². The van der Waals surface area contributed by atoms with Gasteiger partial charge in [-0.05, 0) is 34.5 Å². The molecule has 0 aliphatic heterocycles. The third-order valence-corrected chi connectivity index (χ3v) is 2.96. The summed E-state index contributed by atoms with van der Waals surface area (Å²) in [5.41, 5.74) is 1.75. The molecule has 0 bridgehead atoms. The lowest BCUT2D eigenvalue weighted by molar-refractivity contribution is -0.941. The molecule has 1 heterocycles. The minimum absolute atomic E-state index is 0.329. The van der Waals surface area contributed by atoms with E-state index >= 15 is 0 Å². The molecule has 0 atom stereocenters. The summed E-state index contributed by atoms with van der Waals surface area (Å²) in [7, 11) is 0. The van der Waals surface area contributed by atoms with Crippen LogP contribution >= 0.6 is 15.9 Å². The lowest BCUT2D eigenvalue weighted by Crippen LogP contribution is -2.62. The fourth-order valence-corrected chi connectivity index (χ4v) is 2.13. The number of fused-ring (bicyclic) bond motifs is 1. The van der Waals surface area contributed by atoms with E-state index in [1.807, 2.05) is 33.8 Å². The fourth-order valence-electron chi connectivity index (χ4n) is 1.49. The van der Waals surface area contributed by atoms with Crippen LogP contribution < -0.4 is 9.64 Å². The Morgan fingerprint density at radius 2 is 1.94 bits per heavy atom. The number of aryl methyl sites for hydroxylation is 1. The van der Waals surface area contributed by atoms with Crippen LogP contribution in [0.15, 0.2) is 16.6 Å². The molecule has 0 N–H and O–H groups in total. The van der Waals surface area contributed by atoms with Gasteiger partial charge >= 0.3 is 5.21 Å². The molecular weight excluding hydrogens is 284 g/mol. The normalized spacial score (nSPS) is 12.1. The van der Waals surface area contributed by atoms with Crippen LogP contribution in [0.3, 0.4) is 0 Å². The number of hydrogen-bond acceptors (Lipinski definition) is 3. The van der Waals surface area contributed by atoms with E-state index in [9.17, 15) is 5.21 Å². The minimum atomic E-state index is -0.329. The Morgan fingerprint density at radius 1 is 1.29 bits per heavy atom. The van der Waals surface area contributed by atoms with Gasteiger partial charge < -0.3 is 5.21 Å². The molecule has 90 valence electrons. The van der Waals surface area contributed by atoms with Gasteiger partial charge in [0.15, 0.2) is 0 Å². The lowest BCUT2D eigenvalue weighted by atomic mass is 10.1. The van der Waals surface area contributed by atoms with Crippen molar-refractivity contribution in [1.82, 2.24) is 10.3 Å². The van der Waals surface area contributed by atoms with Crippen molar-refractivity contribution in [2.24, 2.45) is 0 Å². The SMILES string of the molecule is Cc1cc(Br)c2n[n+](C(C)(C)C)n[n+]([O-])c2c1. The number of nitrogens with zero attached hydrogens (tertiary/aromatic N) is 4. The van der Waals surface area contributed by atoms with Gasteiger partial charge in [-0.1, -0.05) is 0 Å². The van der Waals surface area contributed by atoms with Crippen LogP contribution in [0.5, 0.6) is 0 Å². The summed E-state index contributed by atoms with van der Waals surface area (Å²) in [5.74, 6) is 0. The summed E-state index contributed by atoms with van der Waals surface area (Å²) in [4.78, 5) is 2.05. The van der Waals surface area contributed by atoms with E-state index in [1.165, 1.54) is 4.80 Å². The summed E-state index contributed by atoms with van der Waals surface area (Å²) in [6.45, 7) is 7.76.